The molecule has 0 atom stereocenters. The molecule has 1 N–H and O–H groups in total. The summed E-state index contributed by atoms with van der Waals surface area (Å²) in [4.78, 5) is 2.41. The highest BCUT2D eigenvalue weighted by Crippen LogP contribution is 2.16. The molecule has 1 aliphatic heterocycles. The average molecular weight is 214 g/mol. The summed E-state index contributed by atoms with van der Waals surface area (Å²) >= 11 is 0. The third-order valence-corrected chi connectivity index (χ3v) is 3.21. The molecule has 3 heteroatoms. The van der Waals surface area contributed by atoms with Crippen molar-refractivity contribution in [3.63, 3.8) is 0 Å². The molecule has 0 aromatic heterocycles. The number of likely N-dealkylation sites (tertiary alicyclic amines) is 1. The average Bonchev–Trinajstić information content (AvgIpc) is 2.17. The van der Waals surface area contributed by atoms with E-state index in [0.717, 1.165) is 19.1 Å². The molecular weight excluding hydrogens is 188 g/mol. The van der Waals surface area contributed by atoms with Crippen molar-refractivity contribution in [3.8, 4) is 0 Å². The number of methoxy groups -OCH3 is 1. The summed E-state index contributed by atoms with van der Waals surface area (Å²) in [6, 6.07) is 0. The normalized spacial score (nSPS) is 20.8. The molecule has 0 unspecified atom stereocenters. The third-order valence-electron chi connectivity index (χ3n) is 3.21. The zero-order chi connectivity index (χ0) is 11.3. The molecule has 90 valence electrons. The summed E-state index contributed by atoms with van der Waals surface area (Å²) in [6.45, 7) is 8.80. The zero-order valence-electron chi connectivity index (χ0n) is 10.7. The monoisotopic (exact) mass is 214 g/mol. The Morgan fingerprint density at radius 1 is 1.33 bits per heavy atom. The SMILES string of the molecule is COCC(C)(C)NCC1CCN(C)CC1. The van der Waals surface area contributed by atoms with Crippen LogP contribution in [0, 0.1) is 5.92 Å². The van der Waals surface area contributed by atoms with Gasteiger partial charge in [-0.25, -0.2) is 0 Å². The van der Waals surface area contributed by atoms with Crippen LogP contribution in [0.2, 0.25) is 0 Å². The highest BCUT2D eigenvalue weighted by Gasteiger charge is 2.21. The lowest BCUT2D eigenvalue weighted by molar-refractivity contribution is 0.120. The number of ether oxygens (including phenoxy) is 1. The first-order valence-electron chi connectivity index (χ1n) is 5.96. The van der Waals surface area contributed by atoms with Crippen molar-refractivity contribution in [1.29, 1.82) is 0 Å². The second-order valence-corrected chi connectivity index (χ2v) is 5.44. The second-order valence-electron chi connectivity index (χ2n) is 5.44. The van der Waals surface area contributed by atoms with Crippen LogP contribution in [0.3, 0.4) is 0 Å². The van der Waals surface area contributed by atoms with Crippen LogP contribution in [0.15, 0.2) is 0 Å². The van der Waals surface area contributed by atoms with Gasteiger partial charge >= 0.3 is 0 Å². The molecule has 0 aliphatic carbocycles. The Balaban J connectivity index is 2.19. The fraction of sp³-hybridized carbons (Fsp3) is 1.00. The number of nitrogens with zero attached hydrogens (tertiary/aromatic N) is 1. The van der Waals surface area contributed by atoms with Crippen molar-refractivity contribution in [2.75, 3.05) is 40.4 Å². The van der Waals surface area contributed by atoms with Gasteiger partial charge in [-0.1, -0.05) is 0 Å². The van der Waals surface area contributed by atoms with Gasteiger partial charge in [0.25, 0.3) is 0 Å². The Bertz CT molecular complexity index is 174. The molecule has 0 amide bonds. The number of hydrogen-bond donors (Lipinski definition) is 1. The summed E-state index contributed by atoms with van der Waals surface area (Å²) in [5, 5.41) is 3.60. The van der Waals surface area contributed by atoms with Crippen LogP contribution in [0.25, 0.3) is 0 Å². The van der Waals surface area contributed by atoms with Crippen molar-refractivity contribution in [2.45, 2.75) is 32.2 Å². The standard InChI is InChI=1S/C12H26N2O/c1-12(2,10-15-4)13-9-11-5-7-14(3)8-6-11/h11,13H,5-10H2,1-4H3. The minimum atomic E-state index is 0.109. The van der Waals surface area contributed by atoms with Gasteiger partial charge in [-0.15, -0.1) is 0 Å². The van der Waals surface area contributed by atoms with E-state index in [0.29, 0.717) is 0 Å². The largest absolute Gasteiger partial charge is 0.383 e. The summed E-state index contributed by atoms with van der Waals surface area (Å²) in [5.41, 5.74) is 0.109. The maximum absolute atomic E-state index is 5.19. The predicted octanol–water partition coefficient (Wildman–Crippen LogP) is 1.34. The van der Waals surface area contributed by atoms with E-state index in [1.807, 2.05) is 0 Å². The van der Waals surface area contributed by atoms with Crippen LogP contribution in [-0.4, -0.2) is 50.8 Å². The molecule has 0 spiro atoms. The van der Waals surface area contributed by atoms with E-state index in [-0.39, 0.29) is 5.54 Å². The molecule has 1 rings (SSSR count). The molecule has 0 saturated carbocycles. The molecular formula is C12H26N2O. The summed E-state index contributed by atoms with van der Waals surface area (Å²) in [5.74, 6) is 0.845. The lowest BCUT2D eigenvalue weighted by Crippen LogP contribution is -2.46. The van der Waals surface area contributed by atoms with Crippen molar-refractivity contribution >= 4 is 0 Å². The maximum Gasteiger partial charge on any atom is 0.0639 e. The van der Waals surface area contributed by atoms with Crippen LogP contribution >= 0.6 is 0 Å². The van der Waals surface area contributed by atoms with Gasteiger partial charge in [0, 0.05) is 12.6 Å². The van der Waals surface area contributed by atoms with E-state index in [9.17, 15) is 0 Å². The highest BCUT2D eigenvalue weighted by atomic mass is 16.5. The maximum atomic E-state index is 5.19. The van der Waals surface area contributed by atoms with Gasteiger partial charge in [0.1, 0.15) is 0 Å². The minimum Gasteiger partial charge on any atom is -0.383 e. The predicted molar refractivity (Wildman–Crippen MR) is 64.2 cm³/mol. The van der Waals surface area contributed by atoms with Crippen LogP contribution < -0.4 is 5.32 Å². The quantitative estimate of drug-likeness (QED) is 0.747. The number of rotatable bonds is 5. The summed E-state index contributed by atoms with van der Waals surface area (Å²) in [7, 11) is 3.97. The molecule has 1 saturated heterocycles. The molecule has 0 aromatic rings. The minimum absolute atomic E-state index is 0.109. The number of piperidine rings is 1. The molecule has 0 aromatic carbocycles. The first kappa shape index (κ1) is 12.9. The van der Waals surface area contributed by atoms with Crippen LogP contribution in [0.4, 0.5) is 0 Å². The fourth-order valence-electron chi connectivity index (χ4n) is 2.10. The molecule has 3 nitrogen and oxygen atoms in total. The second kappa shape index (κ2) is 5.83. The Hall–Kier alpha value is -0.120. The van der Waals surface area contributed by atoms with E-state index < -0.39 is 0 Å². The van der Waals surface area contributed by atoms with E-state index >= 15 is 0 Å². The number of hydrogen-bond acceptors (Lipinski definition) is 3. The van der Waals surface area contributed by atoms with Crippen molar-refractivity contribution in [1.82, 2.24) is 10.2 Å². The van der Waals surface area contributed by atoms with Gasteiger partial charge < -0.3 is 15.0 Å². The van der Waals surface area contributed by atoms with Crippen molar-refractivity contribution in [2.24, 2.45) is 5.92 Å². The first-order chi connectivity index (χ1) is 7.03. The topological polar surface area (TPSA) is 24.5 Å². The Kier molecular flexibility index (Phi) is 5.03. The zero-order valence-corrected chi connectivity index (χ0v) is 10.7. The Labute approximate surface area is 94.2 Å². The molecule has 15 heavy (non-hydrogen) atoms. The lowest BCUT2D eigenvalue weighted by Gasteiger charge is -2.32. The lowest BCUT2D eigenvalue weighted by atomic mass is 9.95. The van der Waals surface area contributed by atoms with Gasteiger partial charge in [0.2, 0.25) is 0 Å². The van der Waals surface area contributed by atoms with E-state index in [4.69, 9.17) is 4.74 Å². The fourth-order valence-corrected chi connectivity index (χ4v) is 2.10. The number of nitrogens with one attached hydrogen (secondary N) is 1. The summed E-state index contributed by atoms with van der Waals surface area (Å²) in [6.07, 6.45) is 2.65. The molecule has 1 heterocycles. The van der Waals surface area contributed by atoms with Crippen molar-refractivity contribution in [3.05, 3.63) is 0 Å². The Morgan fingerprint density at radius 3 is 2.47 bits per heavy atom. The smallest absolute Gasteiger partial charge is 0.0639 e. The van der Waals surface area contributed by atoms with Gasteiger partial charge in [-0.3, -0.25) is 0 Å². The van der Waals surface area contributed by atoms with Crippen LogP contribution in [-0.2, 0) is 4.74 Å². The van der Waals surface area contributed by atoms with E-state index in [1.54, 1.807) is 7.11 Å². The van der Waals surface area contributed by atoms with E-state index in [2.05, 4.69) is 31.1 Å². The van der Waals surface area contributed by atoms with Crippen LogP contribution in [0.1, 0.15) is 26.7 Å². The molecule has 0 bridgehead atoms. The van der Waals surface area contributed by atoms with Gasteiger partial charge in [-0.05, 0) is 59.3 Å². The van der Waals surface area contributed by atoms with Gasteiger partial charge in [0.05, 0.1) is 6.61 Å². The highest BCUT2D eigenvalue weighted by molar-refractivity contribution is 4.80. The Morgan fingerprint density at radius 2 is 1.93 bits per heavy atom. The molecule has 1 fully saturated rings. The first-order valence-corrected chi connectivity index (χ1v) is 5.96. The van der Waals surface area contributed by atoms with Gasteiger partial charge in [0.15, 0.2) is 0 Å². The molecule has 0 radical (unpaired) electrons. The summed E-state index contributed by atoms with van der Waals surface area (Å²) < 4.78 is 5.19. The van der Waals surface area contributed by atoms with Crippen LogP contribution in [0.5, 0.6) is 0 Å². The van der Waals surface area contributed by atoms with E-state index in [1.165, 1.54) is 25.9 Å². The molecule has 1 aliphatic rings. The third kappa shape index (κ3) is 4.96. The van der Waals surface area contributed by atoms with Gasteiger partial charge in [-0.2, -0.15) is 0 Å². The van der Waals surface area contributed by atoms with Crippen molar-refractivity contribution < 1.29 is 4.74 Å².